The number of aryl methyl sites for hydroxylation is 1. The molecule has 1 aliphatic rings. The Balaban J connectivity index is 1.95. The van der Waals surface area contributed by atoms with Crippen molar-refractivity contribution in [1.82, 2.24) is 0 Å². The Hall–Kier alpha value is -2.13. The largest absolute Gasteiger partial charge is 0.464 e. The van der Waals surface area contributed by atoms with Gasteiger partial charge in [-0.25, -0.2) is 4.79 Å². The van der Waals surface area contributed by atoms with Crippen molar-refractivity contribution in [2.75, 3.05) is 6.61 Å². The monoisotopic (exact) mass is 296 g/mol. The van der Waals surface area contributed by atoms with Crippen molar-refractivity contribution in [1.29, 1.82) is 0 Å². The fraction of sp³-hybridized carbons (Fsp3) is 0.316. The number of carbonyl (C=O) groups is 1. The Morgan fingerprint density at radius 3 is 2.36 bits per heavy atom. The van der Waals surface area contributed by atoms with Crippen LogP contribution in [0.15, 0.2) is 54.6 Å². The first-order valence-corrected chi connectivity index (χ1v) is 7.65. The molecule has 2 unspecified atom stereocenters. The Morgan fingerprint density at radius 1 is 1.09 bits per heavy atom. The van der Waals surface area contributed by atoms with E-state index in [0.29, 0.717) is 6.61 Å². The lowest BCUT2D eigenvalue weighted by molar-refractivity contribution is -0.145. The molecule has 0 N–H and O–H groups in total. The van der Waals surface area contributed by atoms with Gasteiger partial charge in [0.05, 0.1) is 6.61 Å². The highest BCUT2D eigenvalue weighted by Gasteiger charge is 2.64. The first kappa shape index (κ1) is 14.8. The lowest BCUT2D eigenvalue weighted by Gasteiger charge is -2.14. The quantitative estimate of drug-likeness (QED) is 0.625. The minimum atomic E-state index is -0.709. The van der Waals surface area contributed by atoms with Crippen molar-refractivity contribution < 1.29 is 14.3 Å². The Bertz CT molecular complexity index is 648. The van der Waals surface area contributed by atoms with Gasteiger partial charge in [-0.05, 0) is 24.5 Å². The molecule has 2 aromatic rings. The van der Waals surface area contributed by atoms with E-state index >= 15 is 0 Å². The highest BCUT2D eigenvalue weighted by atomic mass is 16.7. The summed E-state index contributed by atoms with van der Waals surface area (Å²) in [5.74, 6) is -0.286. The standard InChI is InChI=1S/C19H20O3/c1-3-13-21-18(20)17-19(22-17,15-7-5-4-6-8-15)16-11-9-14(2)10-12-16/h4-12,17H,3,13H2,1-2H3. The molecular formula is C19H20O3. The smallest absolute Gasteiger partial charge is 0.339 e. The Morgan fingerprint density at radius 2 is 1.73 bits per heavy atom. The topological polar surface area (TPSA) is 38.8 Å². The van der Waals surface area contributed by atoms with E-state index in [1.807, 2.05) is 68.4 Å². The third-order valence-corrected chi connectivity index (χ3v) is 3.96. The molecule has 1 fully saturated rings. The minimum absolute atomic E-state index is 0.286. The number of ether oxygens (including phenoxy) is 2. The van der Waals surface area contributed by atoms with Crippen molar-refractivity contribution in [2.24, 2.45) is 0 Å². The van der Waals surface area contributed by atoms with Gasteiger partial charge in [-0.1, -0.05) is 67.1 Å². The van der Waals surface area contributed by atoms with Crippen LogP contribution < -0.4 is 0 Å². The van der Waals surface area contributed by atoms with Gasteiger partial charge in [-0.2, -0.15) is 0 Å². The van der Waals surface area contributed by atoms with Crippen molar-refractivity contribution in [3.8, 4) is 0 Å². The van der Waals surface area contributed by atoms with Crippen LogP contribution in [0.3, 0.4) is 0 Å². The first-order chi connectivity index (χ1) is 10.7. The van der Waals surface area contributed by atoms with Crippen molar-refractivity contribution in [3.05, 3.63) is 71.3 Å². The second kappa shape index (κ2) is 5.93. The van der Waals surface area contributed by atoms with Crippen molar-refractivity contribution >= 4 is 5.97 Å². The summed E-state index contributed by atoms with van der Waals surface area (Å²) in [5, 5.41) is 0. The summed E-state index contributed by atoms with van der Waals surface area (Å²) in [6, 6.07) is 18.0. The third kappa shape index (κ3) is 2.53. The van der Waals surface area contributed by atoms with Gasteiger partial charge >= 0.3 is 5.97 Å². The molecule has 0 aromatic heterocycles. The molecule has 2 atom stereocenters. The summed E-state index contributed by atoms with van der Waals surface area (Å²) < 4.78 is 11.2. The zero-order valence-corrected chi connectivity index (χ0v) is 12.9. The molecule has 0 aliphatic carbocycles. The van der Waals surface area contributed by atoms with E-state index in [0.717, 1.165) is 17.5 Å². The van der Waals surface area contributed by atoms with E-state index in [9.17, 15) is 4.79 Å². The molecule has 2 aromatic carbocycles. The van der Waals surface area contributed by atoms with Crippen LogP contribution >= 0.6 is 0 Å². The van der Waals surface area contributed by atoms with Crippen LogP contribution in [0, 0.1) is 6.92 Å². The molecule has 3 nitrogen and oxygen atoms in total. The molecule has 1 heterocycles. The lowest BCUT2D eigenvalue weighted by Crippen LogP contribution is -2.22. The van der Waals surface area contributed by atoms with E-state index in [1.54, 1.807) is 0 Å². The SMILES string of the molecule is CCCOC(=O)C1OC1(c1ccccc1)c1ccc(C)cc1. The number of rotatable bonds is 5. The molecular weight excluding hydrogens is 276 g/mol. The number of epoxide rings is 1. The van der Waals surface area contributed by atoms with Crippen molar-refractivity contribution in [2.45, 2.75) is 32.0 Å². The summed E-state index contributed by atoms with van der Waals surface area (Å²) in [7, 11) is 0. The molecule has 22 heavy (non-hydrogen) atoms. The van der Waals surface area contributed by atoms with Crippen LogP contribution in [0.25, 0.3) is 0 Å². The molecule has 0 bridgehead atoms. The predicted molar refractivity (Wildman–Crippen MR) is 84.5 cm³/mol. The minimum Gasteiger partial charge on any atom is -0.464 e. The zero-order chi connectivity index (χ0) is 15.6. The van der Waals surface area contributed by atoms with Crippen LogP contribution in [0.5, 0.6) is 0 Å². The van der Waals surface area contributed by atoms with E-state index in [4.69, 9.17) is 9.47 Å². The number of carbonyl (C=O) groups excluding carboxylic acids is 1. The Labute approximate surface area is 130 Å². The molecule has 0 spiro atoms. The summed E-state index contributed by atoms with van der Waals surface area (Å²) in [4.78, 5) is 12.2. The molecule has 3 rings (SSSR count). The van der Waals surface area contributed by atoms with E-state index in [1.165, 1.54) is 5.56 Å². The van der Waals surface area contributed by atoms with Gasteiger partial charge in [-0.3, -0.25) is 0 Å². The molecule has 0 amide bonds. The number of esters is 1. The number of hydrogen-bond donors (Lipinski definition) is 0. The van der Waals surface area contributed by atoms with Gasteiger partial charge in [0.25, 0.3) is 0 Å². The average molecular weight is 296 g/mol. The van der Waals surface area contributed by atoms with Gasteiger partial charge in [-0.15, -0.1) is 0 Å². The van der Waals surface area contributed by atoms with Crippen LogP contribution in [-0.4, -0.2) is 18.7 Å². The predicted octanol–water partition coefficient (Wildman–Crippen LogP) is 3.59. The molecule has 1 aliphatic heterocycles. The third-order valence-electron chi connectivity index (χ3n) is 3.96. The second-order valence-electron chi connectivity index (χ2n) is 5.63. The highest BCUT2D eigenvalue weighted by molar-refractivity contribution is 5.81. The summed E-state index contributed by atoms with van der Waals surface area (Å²) in [6.45, 7) is 4.45. The maximum atomic E-state index is 12.2. The normalized spacial score (nSPS) is 23.1. The van der Waals surface area contributed by atoms with Crippen LogP contribution in [0.4, 0.5) is 0 Å². The van der Waals surface area contributed by atoms with Crippen molar-refractivity contribution in [3.63, 3.8) is 0 Å². The van der Waals surface area contributed by atoms with Gasteiger partial charge in [0.1, 0.15) is 0 Å². The van der Waals surface area contributed by atoms with Gasteiger partial charge < -0.3 is 9.47 Å². The van der Waals surface area contributed by atoms with Gasteiger partial charge in [0.2, 0.25) is 0 Å². The van der Waals surface area contributed by atoms with E-state index in [-0.39, 0.29) is 5.97 Å². The molecule has 3 heteroatoms. The fourth-order valence-corrected chi connectivity index (χ4v) is 2.74. The zero-order valence-electron chi connectivity index (χ0n) is 12.9. The van der Waals surface area contributed by atoms with Crippen LogP contribution in [0.1, 0.15) is 30.0 Å². The van der Waals surface area contributed by atoms with Gasteiger partial charge in [0.15, 0.2) is 11.7 Å². The fourth-order valence-electron chi connectivity index (χ4n) is 2.74. The lowest BCUT2D eigenvalue weighted by atomic mass is 9.87. The molecule has 0 saturated carbocycles. The van der Waals surface area contributed by atoms with E-state index < -0.39 is 11.7 Å². The molecule has 114 valence electrons. The van der Waals surface area contributed by atoms with E-state index in [2.05, 4.69) is 0 Å². The van der Waals surface area contributed by atoms with Gasteiger partial charge in [0, 0.05) is 0 Å². The highest BCUT2D eigenvalue weighted by Crippen LogP contribution is 2.52. The summed E-state index contributed by atoms with van der Waals surface area (Å²) >= 11 is 0. The maximum Gasteiger partial charge on any atom is 0.339 e. The molecule has 1 saturated heterocycles. The number of hydrogen-bond acceptors (Lipinski definition) is 3. The summed E-state index contributed by atoms with van der Waals surface area (Å²) in [6.07, 6.45) is 0.241. The van der Waals surface area contributed by atoms with Crippen LogP contribution in [0.2, 0.25) is 0 Å². The average Bonchev–Trinajstić information content (AvgIpc) is 3.31. The second-order valence-corrected chi connectivity index (χ2v) is 5.63. The van der Waals surface area contributed by atoms with Crippen LogP contribution in [-0.2, 0) is 19.9 Å². The first-order valence-electron chi connectivity index (χ1n) is 7.65. The number of benzene rings is 2. The Kier molecular flexibility index (Phi) is 3.99. The molecule has 0 radical (unpaired) electrons. The summed E-state index contributed by atoms with van der Waals surface area (Å²) in [5.41, 5.74) is 2.44. The maximum absolute atomic E-state index is 12.2.